The number of aliphatic hydroxyl groups is 4. The predicted octanol–water partition coefficient (Wildman–Crippen LogP) is 0.866. The fourth-order valence-electron chi connectivity index (χ4n) is 3.44. The SMILES string of the molecule is Cc1ccc(F)cc1NCCCCCCN1C[C@H](O)[C@@H](O)[C@H](O)[C@H]1CO. The van der Waals surface area contributed by atoms with Crippen molar-refractivity contribution >= 4 is 5.69 Å². The zero-order chi connectivity index (χ0) is 19.1. The summed E-state index contributed by atoms with van der Waals surface area (Å²) in [4.78, 5) is 1.84. The van der Waals surface area contributed by atoms with Crippen LogP contribution in [0.15, 0.2) is 18.2 Å². The normalized spacial score (nSPS) is 26.8. The smallest absolute Gasteiger partial charge is 0.125 e. The van der Waals surface area contributed by atoms with Crippen molar-refractivity contribution in [2.45, 2.75) is 57.0 Å². The van der Waals surface area contributed by atoms with E-state index in [-0.39, 0.29) is 19.0 Å². The van der Waals surface area contributed by atoms with Crippen LogP contribution < -0.4 is 5.32 Å². The Kier molecular flexibility index (Phi) is 8.24. The van der Waals surface area contributed by atoms with Crippen LogP contribution >= 0.6 is 0 Å². The number of likely N-dealkylation sites (tertiary alicyclic amines) is 1. The average Bonchev–Trinajstić information content (AvgIpc) is 2.62. The average molecular weight is 370 g/mol. The third-order valence-corrected chi connectivity index (χ3v) is 5.10. The van der Waals surface area contributed by atoms with Crippen molar-refractivity contribution in [1.82, 2.24) is 4.90 Å². The number of piperidine rings is 1. The Hall–Kier alpha value is -1.25. The highest BCUT2D eigenvalue weighted by Crippen LogP contribution is 2.20. The molecule has 0 aromatic heterocycles. The van der Waals surface area contributed by atoms with E-state index in [1.165, 1.54) is 12.1 Å². The molecule has 0 spiro atoms. The lowest BCUT2D eigenvalue weighted by molar-refractivity contribution is -0.145. The van der Waals surface area contributed by atoms with Crippen LogP contribution in [0.2, 0.25) is 0 Å². The number of halogens is 1. The first-order valence-electron chi connectivity index (χ1n) is 9.33. The van der Waals surface area contributed by atoms with Crippen LogP contribution in [0.4, 0.5) is 10.1 Å². The predicted molar refractivity (Wildman–Crippen MR) is 98.6 cm³/mol. The highest BCUT2D eigenvalue weighted by Gasteiger charge is 2.40. The first kappa shape index (κ1) is 21.1. The summed E-state index contributed by atoms with van der Waals surface area (Å²) in [6.45, 7) is 3.38. The zero-order valence-electron chi connectivity index (χ0n) is 15.3. The Balaban J connectivity index is 1.63. The maximum absolute atomic E-state index is 13.2. The van der Waals surface area contributed by atoms with Gasteiger partial charge in [0.2, 0.25) is 0 Å². The Morgan fingerprint density at radius 2 is 1.85 bits per heavy atom. The van der Waals surface area contributed by atoms with Gasteiger partial charge in [-0.1, -0.05) is 18.9 Å². The second kappa shape index (κ2) is 10.2. The number of rotatable bonds is 9. The van der Waals surface area contributed by atoms with Crippen molar-refractivity contribution in [3.8, 4) is 0 Å². The van der Waals surface area contributed by atoms with Gasteiger partial charge >= 0.3 is 0 Å². The number of anilines is 1. The molecule has 6 nitrogen and oxygen atoms in total. The van der Waals surface area contributed by atoms with Crippen molar-refractivity contribution in [2.75, 3.05) is 31.6 Å². The second-order valence-corrected chi connectivity index (χ2v) is 7.09. The van der Waals surface area contributed by atoms with Gasteiger partial charge in [0.05, 0.1) is 18.8 Å². The van der Waals surface area contributed by atoms with Crippen molar-refractivity contribution in [3.63, 3.8) is 0 Å². The molecule has 5 N–H and O–H groups in total. The van der Waals surface area contributed by atoms with E-state index >= 15 is 0 Å². The summed E-state index contributed by atoms with van der Waals surface area (Å²) in [6.07, 6.45) is 0.489. The molecule has 2 rings (SSSR count). The van der Waals surface area contributed by atoms with E-state index in [4.69, 9.17) is 0 Å². The van der Waals surface area contributed by atoms with Crippen LogP contribution in [0.5, 0.6) is 0 Å². The Morgan fingerprint density at radius 1 is 1.12 bits per heavy atom. The Labute approximate surface area is 154 Å². The van der Waals surface area contributed by atoms with Gasteiger partial charge < -0.3 is 25.7 Å². The number of unbranched alkanes of at least 4 members (excludes halogenated alkanes) is 3. The summed E-state index contributed by atoms with van der Waals surface area (Å²) < 4.78 is 13.2. The van der Waals surface area contributed by atoms with Gasteiger partial charge in [-0.15, -0.1) is 0 Å². The maximum atomic E-state index is 13.2. The van der Waals surface area contributed by atoms with Crippen LogP contribution in [-0.2, 0) is 0 Å². The van der Waals surface area contributed by atoms with Crippen LogP contribution in [0.3, 0.4) is 0 Å². The van der Waals surface area contributed by atoms with Gasteiger partial charge in [-0.2, -0.15) is 0 Å². The minimum Gasteiger partial charge on any atom is -0.395 e. The Bertz CT molecular complexity index is 560. The van der Waals surface area contributed by atoms with Gasteiger partial charge in [-0.25, -0.2) is 4.39 Å². The monoisotopic (exact) mass is 370 g/mol. The van der Waals surface area contributed by atoms with E-state index in [1.807, 2.05) is 11.8 Å². The molecule has 1 aromatic carbocycles. The van der Waals surface area contributed by atoms with Gasteiger partial charge in [-0.05, 0) is 44.0 Å². The number of hydrogen-bond acceptors (Lipinski definition) is 6. The number of nitrogens with zero attached hydrogens (tertiary/aromatic N) is 1. The first-order chi connectivity index (χ1) is 12.4. The standard InChI is InChI=1S/C19H31FN2O4/c1-13-6-7-14(20)10-15(13)21-8-4-2-3-5-9-22-11-17(24)19(26)18(25)16(22)12-23/h6-7,10,16-19,21,23-26H,2-5,8-9,11-12H2,1H3/t16-,17+,18-,19-/m1/s1. The molecule has 26 heavy (non-hydrogen) atoms. The quantitative estimate of drug-likeness (QED) is 0.414. The molecule has 148 valence electrons. The molecule has 1 aliphatic heterocycles. The number of aryl methyl sites for hydroxylation is 1. The minimum atomic E-state index is -1.21. The molecule has 1 aliphatic rings. The zero-order valence-corrected chi connectivity index (χ0v) is 15.3. The van der Waals surface area contributed by atoms with Crippen LogP contribution in [0, 0.1) is 12.7 Å². The molecule has 1 aromatic rings. The van der Waals surface area contributed by atoms with E-state index in [2.05, 4.69) is 5.32 Å². The topological polar surface area (TPSA) is 96.2 Å². The molecule has 7 heteroatoms. The second-order valence-electron chi connectivity index (χ2n) is 7.09. The molecular weight excluding hydrogens is 339 g/mol. The molecule has 0 bridgehead atoms. The highest BCUT2D eigenvalue weighted by molar-refractivity contribution is 5.50. The summed E-state index contributed by atoms with van der Waals surface area (Å²) in [7, 11) is 0. The third-order valence-electron chi connectivity index (χ3n) is 5.10. The first-order valence-corrected chi connectivity index (χ1v) is 9.33. The molecule has 1 heterocycles. The molecule has 0 aliphatic carbocycles. The molecule has 0 amide bonds. The van der Waals surface area contributed by atoms with Gasteiger partial charge in [0.15, 0.2) is 0 Å². The van der Waals surface area contributed by atoms with Crippen LogP contribution in [-0.4, -0.2) is 75.9 Å². The molecular formula is C19H31FN2O4. The molecule has 0 radical (unpaired) electrons. The van der Waals surface area contributed by atoms with Crippen molar-refractivity contribution in [2.24, 2.45) is 0 Å². The molecule has 4 atom stereocenters. The fraction of sp³-hybridized carbons (Fsp3) is 0.684. The fourth-order valence-corrected chi connectivity index (χ4v) is 3.44. The van der Waals surface area contributed by atoms with Gasteiger partial charge in [0.25, 0.3) is 0 Å². The van der Waals surface area contributed by atoms with Crippen LogP contribution in [0.1, 0.15) is 31.2 Å². The van der Waals surface area contributed by atoms with E-state index < -0.39 is 24.4 Å². The van der Waals surface area contributed by atoms with E-state index in [1.54, 1.807) is 6.07 Å². The summed E-state index contributed by atoms with van der Waals surface area (Å²) in [5, 5.41) is 42.1. The molecule has 0 unspecified atom stereocenters. The maximum Gasteiger partial charge on any atom is 0.125 e. The third kappa shape index (κ3) is 5.62. The summed E-state index contributed by atoms with van der Waals surface area (Å²) >= 11 is 0. The highest BCUT2D eigenvalue weighted by atomic mass is 19.1. The molecule has 1 fully saturated rings. The lowest BCUT2D eigenvalue weighted by atomic mass is 9.94. The van der Waals surface area contributed by atoms with Gasteiger partial charge in [0.1, 0.15) is 18.0 Å². The number of hydrogen-bond donors (Lipinski definition) is 5. The van der Waals surface area contributed by atoms with Crippen molar-refractivity contribution in [1.29, 1.82) is 0 Å². The summed E-state index contributed by atoms with van der Waals surface area (Å²) in [6, 6.07) is 4.18. The largest absolute Gasteiger partial charge is 0.395 e. The minimum absolute atomic E-state index is 0.243. The van der Waals surface area contributed by atoms with Gasteiger partial charge in [0, 0.05) is 18.8 Å². The molecule has 0 saturated carbocycles. The number of nitrogens with one attached hydrogen (secondary N) is 1. The van der Waals surface area contributed by atoms with Crippen molar-refractivity contribution in [3.05, 3.63) is 29.6 Å². The molecule has 1 saturated heterocycles. The number of benzene rings is 1. The van der Waals surface area contributed by atoms with E-state index in [9.17, 15) is 24.8 Å². The number of aliphatic hydroxyl groups excluding tert-OH is 4. The number of β-amino-alcohol motifs (C(OH)–C–C–N with tert-alkyl or cyclic N) is 1. The summed E-state index contributed by atoms with van der Waals surface area (Å²) in [5.41, 5.74) is 1.84. The van der Waals surface area contributed by atoms with Crippen molar-refractivity contribution < 1.29 is 24.8 Å². The Morgan fingerprint density at radius 3 is 2.58 bits per heavy atom. The lowest BCUT2D eigenvalue weighted by Crippen LogP contribution is -2.62. The van der Waals surface area contributed by atoms with E-state index in [0.29, 0.717) is 6.54 Å². The summed E-state index contributed by atoms with van der Waals surface area (Å²) in [5.74, 6) is -0.243. The van der Waals surface area contributed by atoms with Gasteiger partial charge in [-0.3, -0.25) is 4.90 Å². The lowest BCUT2D eigenvalue weighted by Gasteiger charge is -2.43. The van der Waals surface area contributed by atoms with Crippen LogP contribution in [0.25, 0.3) is 0 Å². The van der Waals surface area contributed by atoms with E-state index in [0.717, 1.165) is 43.5 Å².